The summed E-state index contributed by atoms with van der Waals surface area (Å²) in [6.07, 6.45) is 5.36. The second-order valence-corrected chi connectivity index (χ2v) is 10.7. The quantitative estimate of drug-likeness (QED) is 0.489. The van der Waals surface area contributed by atoms with E-state index in [1.54, 1.807) is 30.7 Å². The van der Waals surface area contributed by atoms with Gasteiger partial charge in [-0.05, 0) is 68.1 Å². The highest BCUT2D eigenvalue weighted by atomic mass is 32.2. The van der Waals surface area contributed by atoms with Gasteiger partial charge in [0.05, 0.1) is 21.4 Å². The van der Waals surface area contributed by atoms with Gasteiger partial charge in [-0.3, -0.25) is 9.11 Å². The highest BCUT2D eigenvalue weighted by Crippen LogP contribution is 2.25. The summed E-state index contributed by atoms with van der Waals surface area (Å²) in [5.74, 6) is 0.429. The minimum Gasteiger partial charge on any atom is -0.507 e. The van der Waals surface area contributed by atoms with Gasteiger partial charge in [-0.2, -0.15) is 0 Å². The molecule has 8 heteroatoms. The monoisotopic (exact) mass is 496 g/mol. The van der Waals surface area contributed by atoms with Crippen molar-refractivity contribution in [1.82, 2.24) is 20.2 Å². The number of aryl methyl sites for hydroxylation is 2. The summed E-state index contributed by atoms with van der Waals surface area (Å²) in [5, 5.41) is 13.6. The highest BCUT2D eigenvalue weighted by Gasteiger charge is 2.22. The molecule has 0 amide bonds. The summed E-state index contributed by atoms with van der Waals surface area (Å²) in [6.45, 7) is 7.08. The first-order chi connectivity index (χ1) is 16.8. The highest BCUT2D eigenvalue weighted by molar-refractivity contribution is 7.84. The molecule has 1 fully saturated rings. The van der Waals surface area contributed by atoms with Gasteiger partial charge >= 0.3 is 0 Å². The Hall–Kier alpha value is -2.68. The van der Waals surface area contributed by atoms with Crippen LogP contribution in [0.1, 0.15) is 37.2 Å². The van der Waals surface area contributed by atoms with Crippen molar-refractivity contribution in [2.75, 3.05) is 19.3 Å². The molecule has 1 aromatic heterocycles. The van der Waals surface area contributed by atoms with Crippen LogP contribution in [-0.2, 0) is 30.2 Å². The van der Waals surface area contributed by atoms with Gasteiger partial charge in [0.15, 0.2) is 0 Å². The van der Waals surface area contributed by atoms with Gasteiger partial charge in [-0.15, -0.1) is 0 Å². The molecule has 0 radical (unpaired) electrons. The van der Waals surface area contributed by atoms with Crippen molar-refractivity contribution >= 4 is 10.8 Å². The van der Waals surface area contributed by atoms with Crippen molar-refractivity contribution in [3.63, 3.8) is 0 Å². The number of hydrogen-bond acceptors (Lipinski definition) is 6. The van der Waals surface area contributed by atoms with Gasteiger partial charge in [0, 0.05) is 56.2 Å². The molecule has 186 valence electrons. The fourth-order valence-corrected chi connectivity index (χ4v) is 5.11. The molecule has 1 unspecified atom stereocenters. The molecule has 6 nitrogen and oxygen atoms in total. The Labute approximate surface area is 209 Å². The SMILES string of the molecule is C[C@H]1CN(Cc2ccc(F)c(-c3ccnc(CCCc4ccc(S(C)=O)c(O)c4)n3)c2)[C@@H](C)CN1. The Kier molecular flexibility index (Phi) is 8.26. The molecule has 0 saturated carbocycles. The van der Waals surface area contributed by atoms with E-state index in [2.05, 4.69) is 34.0 Å². The van der Waals surface area contributed by atoms with Crippen LogP contribution in [-0.4, -0.2) is 55.6 Å². The molecule has 1 saturated heterocycles. The summed E-state index contributed by atoms with van der Waals surface area (Å²) in [4.78, 5) is 11.9. The van der Waals surface area contributed by atoms with Gasteiger partial charge in [-0.25, -0.2) is 14.4 Å². The number of phenolic OH excluding ortho intramolecular Hbond substituents is 1. The van der Waals surface area contributed by atoms with Gasteiger partial charge in [0.25, 0.3) is 0 Å². The van der Waals surface area contributed by atoms with Crippen LogP contribution in [0.25, 0.3) is 11.3 Å². The third-order valence-electron chi connectivity index (χ3n) is 6.49. The molecule has 2 aromatic carbocycles. The summed E-state index contributed by atoms with van der Waals surface area (Å²) < 4.78 is 26.4. The van der Waals surface area contributed by atoms with E-state index in [0.29, 0.717) is 40.5 Å². The predicted octanol–water partition coefficient (Wildman–Crippen LogP) is 4.08. The van der Waals surface area contributed by atoms with E-state index in [1.807, 2.05) is 18.2 Å². The Morgan fingerprint density at radius 3 is 2.71 bits per heavy atom. The van der Waals surface area contributed by atoms with E-state index in [-0.39, 0.29) is 11.6 Å². The normalized spacial score (nSPS) is 19.5. The zero-order valence-electron chi connectivity index (χ0n) is 20.5. The maximum atomic E-state index is 14.8. The lowest BCUT2D eigenvalue weighted by molar-refractivity contribution is 0.139. The molecule has 2 N–H and O–H groups in total. The molecule has 1 aliphatic heterocycles. The molecule has 0 bridgehead atoms. The van der Waals surface area contributed by atoms with Crippen molar-refractivity contribution in [1.29, 1.82) is 0 Å². The average molecular weight is 497 g/mol. The van der Waals surface area contributed by atoms with Crippen LogP contribution >= 0.6 is 0 Å². The van der Waals surface area contributed by atoms with E-state index < -0.39 is 10.8 Å². The summed E-state index contributed by atoms with van der Waals surface area (Å²) in [7, 11) is -1.22. The number of rotatable bonds is 8. The Morgan fingerprint density at radius 1 is 1.14 bits per heavy atom. The molecular weight excluding hydrogens is 463 g/mol. The van der Waals surface area contributed by atoms with Gasteiger partial charge < -0.3 is 10.4 Å². The molecule has 1 aliphatic rings. The number of nitrogens with zero attached hydrogens (tertiary/aromatic N) is 3. The first kappa shape index (κ1) is 25.4. The van der Waals surface area contributed by atoms with E-state index in [0.717, 1.165) is 43.6 Å². The van der Waals surface area contributed by atoms with Crippen molar-refractivity contribution in [2.24, 2.45) is 0 Å². The maximum Gasteiger partial charge on any atom is 0.132 e. The third-order valence-corrected chi connectivity index (χ3v) is 7.45. The van der Waals surface area contributed by atoms with Crippen LogP contribution in [0.5, 0.6) is 5.75 Å². The number of benzene rings is 2. The van der Waals surface area contributed by atoms with Gasteiger partial charge in [-0.1, -0.05) is 12.1 Å². The summed E-state index contributed by atoms with van der Waals surface area (Å²) >= 11 is 0. The zero-order valence-corrected chi connectivity index (χ0v) is 21.3. The lowest BCUT2D eigenvalue weighted by Gasteiger charge is -2.37. The standard InChI is InChI=1S/C27H33FN4O2S/c1-18-16-32(19(2)15-30-18)17-21-7-9-23(28)22(13-21)24-11-12-29-27(31-24)6-4-5-20-8-10-26(35(3)34)25(33)14-20/h7-14,18-19,30,33H,4-6,15-17H2,1-3H3/t18-,19-,35?/m0/s1. The van der Waals surface area contributed by atoms with E-state index >= 15 is 0 Å². The number of aromatic nitrogens is 2. The number of nitrogens with one attached hydrogen (secondary N) is 1. The van der Waals surface area contributed by atoms with E-state index in [9.17, 15) is 13.7 Å². The van der Waals surface area contributed by atoms with Crippen molar-refractivity contribution < 1.29 is 13.7 Å². The molecule has 2 heterocycles. The molecule has 4 rings (SSSR count). The van der Waals surface area contributed by atoms with Crippen LogP contribution in [0.3, 0.4) is 0 Å². The average Bonchev–Trinajstić information content (AvgIpc) is 2.82. The number of halogens is 1. The molecule has 3 aromatic rings. The second-order valence-electron chi connectivity index (χ2n) is 9.37. The lowest BCUT2D eigenvalue weighted by Crippen LogP contribution is -2.53. The first-order valence-electron chi connectivity index (χ1n) is 12.0. The largest absolute Gasteiger partial charge is 0.507 e. The van der Waals surface area contributed by atoms with Crippen LogP contribution in [0, 0.1) is 5.82 Å². The maximum absolute atomic E-state index is 14.8. The predicted molar refractivity (Wildman–Crippen MR) is 137 cm³/mol. The second kappa shape index (κ2) is 11.4. The van der Waals surface area contributed by atoms with Crippen molar-refractivity contribution in [2.45, 2.75) is 56.6 Å². The van der Waals surface area contributed by atoms with Crippen LogP contribution < -0.4 is 5.32 Å². The van der Waals surface area contributed by atoms with E-state index in [4.69, 9.17) is 0 Å². The van der Waals surface area contributed by atoms with Gasteiger partial charge in [0.1, 0.15) is 17.4 Å². The Balaban J connectivity index is 1.43. The fourth-order valence-electron chi connectivity index (χ4n) is 4.50. The Bertz CT molecular complexity index is 1210. The van der Waals surface area contributed by atoms with Crippen LogP contribution in [0.2, 0.25) is 0 Å². The zero-order chi connectivity index (χ0) is 24.9. The minimum absolute atomic E-state index is 0.0570. The Morgan fingerprint density at radius 2 is 1.94 bits per heavy atom. The van der Waals surface area contributed by atoms with Crippen molar-refractivity contribution in [3.8, 4) is 17.0 Å². The molecule has 0 aliphatic carbocycles. The third kappa shape index (κ3) is 6.51. The molecule has 3 atom stereocenters. The lowest BCUT2D eigenvalue weighted by atomic mass is 10.0. The summed E-state index contributed by atoms with van der Waals surface area (Å²) in [5.41, 5.74) is 3.11. The van der Waals surface area contributed by atoms with E-state index in [1.165, 1.54) is 6.07 Å². The smallest absolute Gasteiger partial charge is 0.132 e. The number of phenols is 1. The fraction of sp³-hybridized carbons (Fsp3) is 0.407. The summed E-state index contributed by atoms with van der Waals surface area (Å²) in [6, 6.07) is 13.2. The topological polar surface area (TPSA) is 78.4 Å². The molecular formula is C27H33FN4O2S. The molecule has 0 spiro atoms. The van der Waals surface area contributed by atoms with Crippen LogP contribution in [0.15, 0.2) is 53.6 Å². The minimum atomic E-state index is -1.22. The van der Waals surface area contributed by atoms with Crippen molar-refractivity contribution in [3.05, 3.63) is 71.4 Å². The number of aromatic hydroxyl groups is 1. The number of piperazine rings is 1. The van der Waals surface area contributed by atoms with Gasteiger partial charge in [0.2, 0.25) is 0 Å². The molecule has 35 heavy (non-hydrogen) atoms. The first-order valence-corrected chi connectivity index (χ1v) is 13.6. The van der Waals surface area contributed by atoms with Crippen LogP contribution in [0.4, 0.5) is 4.39 Å². The number of hydrogen-bond donors (Lipinski definition) is 2.